The van der Waals surface area contributed by atoms with E-state index < -0.39 is 17.6 Å². The number of benzene rings is 1. The molecular formula is C18H25FN2O3. The zero-order chi connectivity index (χ0) is 18.1. The van der Waals surface area contributed by atoms with E-state index in [-0.39, 0.29) is 30.6 Å². The van der Waals surface area contributed by atoms with Gasteiger partial charge in [-0.3, -0.25) is 9.59 Å². The highest BCUT2D eigenvalue weighted by Gasteiger charge is 2.44. The smallest absolute Gasteiger partial charge is 0.228 e. The van der Waals surface area contributed by atoms with E-state index in [1.54, 1.807) is 42.8 Å². The van der Waals surface area contributed by atoms with Gasteiger partial charge >= 0.3 is 0 Å². The summed E-state index contributed by atoms with van der Waals surface area (Å²) >= 11 is 0. The van der Waals surface area contributed by atoms with Gasteiger partial charge in [-0.05, 0) is 38.5 Å². The van der Waals surface area contributed by atoms with Crippen LogP contribution in [0.3, 0.4) is 0 Å². The average molecular weight is 336 g/mol. The zero-order valence-corrected chi connectivity index (χ0v) is 14.6. The molecule has 1 aromatic rings. The Balaban J connectivity index is 2.30. The predicted molar refractivity (Wildman–Crippen MR) is 88.6 cm³/mol. The number of hydrogen-bond donors (Lipinski definition) is 1. The van der Waals surface area contributed by atoms with Gasteiger partial charge in [-0.2, -0.15) is 0 Å². The number of amides is 2. The van der Waals surface area contributed by atoms with E-state index >= 15 is 0 Å². The molecular weight excluding hydrogens is 311 g/mol. The Kier molecular flexibility index (Phi) is 5.28. The monoisotopic (exact) mass is 336 g/mol. The van der Waals surface area contributed by atoms with Crippen molar-refractivity contribution in [3.63, 3.8) is 0 Å². The van der Waals surface area contributed by atoms with Crippen molar-refractivity contribution in [2.24, 2.45) is 5.92 Å². The van der Waals surface area contributed by atoms with E-state index in [4.69, 9.17) is 0 Å². The molecule has 1 aromatic carbocycles. The van der Waals surface area contributed by atoms with Crippen molar-refractivity contribution < 1.29 is 19.1 Å². The Morgan fingerprint density at radius 1 is 1.38 bits per heavy atom. The lowest BCUT2D eigenvalue weighted by molar-refractivity contribution is -0.139. The van der Waals surface area contributed by atoms with Crippen LogP contribution in [0.5, 0.6) is 0 Å². The van der Waals surface area contributed by atoms with Crippen LogP contribution >= 0.6 is 0 Å². The number of halogens is 1. The van der Waals surface area contributed by atoms with Gasteiger partial charge in [-0.25, -0.2) is 4.39 Å². The lowest BCUT2D eigenvalue weighted by atomic mass is 9.92. The van der Waals surface area contributed by atoms with Crippen molar-refractivity contribution in [1.82, 2.24) is 9.80 Å². The maximum atomic E-state index is 13.2. The summed E-state index contributed by atoms with van der Waals surface area (Å²) in [5.74, 6) is -1.16. The number of aliphatic hydroxyl groups is 1. The third-order valence-corrected chi connectivity index (χ3v) is 4.39. The number of carbonyl (C=O) groups is 2. The minimum Gasteiger partial charge on any atom is -0.389 e. The molecule has 0 aromatic heterocycles. The summed E-state index contributed by atoms with van der Waals surface area (Å²) in [6.45, 7) is 5.79. The Hall–Kier alpha value is -1.95. The molecule has 0 saturated carbocycles. The predicted octanol–water partition coefficient (Wildman–Crippen LogP) is 1.96. The van der Waals surface area contributed by atoms with Crippen LogP contribution in [0.1, 0.15) is 38.8 Å². The van der Waals surface area contributed by atoms with Crippen LogP contribution in [-0.2, 0) is 9.59 Å². The van der Waals surface area contributed by atoms with Crippen molar-refractivity contribution in [1.29, 1.82) is 0 Å². The minimum absolute atomic E-state index is 0.109. The molecule has 1 heterocycles. The molecule has 6 heteroatoms. The second-order valence-corrected chi connectivity index (χ2v) is 6.98. The number of hydrogen-bond acceptors (Lipinski definition) is 3. The highest BCUT2D eigenvalue weighted by Crippen LogP contribution is 2.38. The van der Waals surface area contributed by atoms with Crippen LogP contribution in [0.2, 0.25) is 0 Å². The molecule has 0 spiro atoms. The van der Waals surface area contributed by atoms with Gasteiger partial charge in [0.1, 0.15) is 5.82 Å². The van der Waals surface area contributed by atoms with Crippen LogP contribution in [0.4, 0.5) is 4.39 Å². The largest absolute Gasteiger partial charge is 0.389 e. The lowest BCUT2D eigenvalue weighted by Crippen LogP contribution is -2.45. The molecule has 1 N–H and O–H groups in total. The summed E-state index contributed by atoms with van der Waals surface area (Å²) < 4.78 is 13.2. The molecule has 2 rings (SSSR count). The highest BCUT2D eigenvalue weighted by molar-refractivity contribution is 5.90. The third-order valence-electron chi connectivity index (χ3n) is 4.39. The normalized spacial score (nSPS) is 21.2. The van der Waals surface area contributed by atoms with Crippen molar-refractivity contribution in [3.8, 4) is 0 Å². The van der Waals surface area contributed by atoms with Crippen LogP contribution in [-0.4, -0.2) is 52.5 Å². The van der Waals surface area contributed by atoms with Gasteiger partial charge < -0.3 is 14.9 Å². The van der Waals surface area contributed by atoms with E-state index in [1.807, 2.05) is 6.92 Å². The number of likely N-dealkylation sites (N-methyl/N-ethyl adjacent to an activating group) is 1. The van der Waals surface area contributed by atoms with Gasteiger partial charge in [0.05, 0.1) is 17.6 Å². The summed E-state index contributed by atoms with van der Waals surface area (Å²) in [5, 5.41) is 10.0. The Morgan fingerprint density at radius 3 is 2.46 bits per heavy atom. The van der Waals surface area contributed by atoms with Gasteiger partial charge in [0.25, 0.3) is 0 Å². The highest BCUT2D eigenvalue weighted by atomic mass is 19.1. The van der Waals surface area contributed by atoms with Gasteiger partial charge in [-0.15, -0.1) is 0 Å². The molecule has 0 aliphatic carbocycles. The van der Waals surface area contributed by atoms with E-state index in [2.05, 4.69) is 0 Å². The summed E-state index contributed by atoms with van der Waals surface area (Å²) in [7, 11) is 1.66. The maximum Gasteiger partial charge on any atom is 0.228 e. The molecule has 2 amide bonds. The molecule has 1 aliphatic heterocycles. The summed E-state index contributed by atoms with van der Waals surface area (Å²) in [5.41, 5.74) is -0.270. The number of nitrogens with zero attached hydrogens (tertiary/aromatic N) is 2. The first kappa shape index (κ1) is 18.4. The number of carbonyl (C=O) groups excluding carboxylic acids is 2. The van der Waals surface area contributed by atoms with Crippen molar-refractivity contribution >= 4 is 11.8 Å². The van der Waals surface area contributed by atoms with Crippen molar-refractivity contribution in [2.75, 3.05) is 20.1 Å². The Bertz CT molecular complexity index is 610. The summed E-state index contributed by atoms with van der Waals surface area (Å²) in [4.78, 5) is 28.3. The van der Waals surface area contributed by atoms with Crippen LogP contribution in [0.25, 0.3) is 0 Å². The van der Waals surface area contributed by atoms with Crippen LogP contribution in [0, 0.1) is 11.7 Å². The molecule has 2 unspecified atom stereocenters. The van der Waals surface area contributed by atoms with E-state index in [0.29, 0.717) is 6.54 Å². The molecule has 132 valence electrons. The third kappa shape index (κ3) is 3.93. The standard InChI is InChI=1S/C18H25FN2O3/c1-5-21(11-18(2,3)24)17(23)14-10-15(22)20(4)16(14)12-6-8-13(19)9-7-12/h6-9,14,16,24H,5,10-11H2,1-4H3. The van der Waals surface area contributed by atoms with E-state index in [0.717, 1.165) is 5.56 Å². The first-order valence-corrected chi connectivity index (χ1v) is 8.16. The fourth-order valence-corrected chi connectivity index (χ4v) is 3.25. The second-order valence-electron chi connectivity index (χ2n) is 6.98. The van der Waals surface area contributed by atoms with Crippen LogP contribution < -0.4 is 0 Å². The number of likely N-dealkylation sites (tertiary alicyclic amines) is 1. The molecule has 24 heavy (non-hydrogen) atoms. The van der Waals surface area contributed by atoms with Gasteiger partial charge in [0.2, 0.25) is 11.8 Å². The van der Waals surface area contributed by atoms with E-state index in [9.17, 15) is 19.1 Å². The first-order valence-electron chi connectivity index (χ1n) is 8.16. The maximum absolute atomic E-state index is 13.2. The lowest BCUT2D eigenvalue weighted by Gasteiger charge is -2.32. The average Bonchev–Trinajstić information content (AvgIpc) is 2.80. The van der Waals surface area contributed by atoms with Gasteiger partial charge in [-0.1, -0.05) is 12.1 Å². The number of rotatable bonds is 5. The summed E-state index contributed by atoms with van der Waals surface area (Å²) in [6.07, 6.45) is 0.125. The van der Waals surface area contributed by atoms with Gasteiger partial charge in [0.15, 0.2) is 0 Å². The minimum atomic E-state index is -1.01. The second kappa shape index (κ2) is 6.89. The van der Waals surface area contributed by atoms with Crippen LogP contribution in [0.15, 0.2) is 24.3 Å². The van der Waals surface area contributed by atoms with E-state index in [1.165, 1.54) is 12.1 Å². The van der Waals surface area contributed by atoms with Gasteiger partial charge in [0, 0.05) is 26.6 Å². The molecule has 0 bridgehead atoms. The molecule has 2 atom stereocenters. The molecule has 0 radical (unpaired) electrons. The van der Waals surface area contributed by atoms with Crippen molar-refractivity contribution in [2.45, 2.75) is 38.8 Å². The Labute approximate surface area is 142 Å². The molecule has 1 fully saturated rings. The Morgan fingerprint density at radius 2 is 1.96 bits per heavy atom. The fraction of sp³-hybridized carbons (Fsp3) is 0.556. The topological polar surface area (TPSA) is 60.9 Å². The zero-order valence-electron chi connectivity index (χ0n) is 14.6. The molecule has 1 aliphatic rings. The quantitative estimate of drug-likeness (QED) is 0.894. The summed E-state index contributed by atoms with van der Waals surface area (Å²) in [6, 6.07) is 5.48. The molecule has 5 nitrogen and oxygen atoms in total. The molecule has 1 saturated heterocycles. The fourth-order valence-electron chi connectivity index (χ4n) is 3.25. The first-order chi connectivity index (χ1) is 11.1. The van der Waals surface area contributed by atoms with Crippen molar-refractivity contribution in [3.05, 3.63) is 35.6 Å². The SMILES string of the molecule is CCN(CC(C)(C)O)C(=O)C1CC(=O)N(C)C1c1ccc(F)cc1.